The van der Waals surface area contributed by atoms with Crippen LogP contribution in [0.1, 0.15) is 18.3 Å². The lowest BCUT2D eigenvalue weighted by molar-refractivity contribution is -0.141. The van der Waals surface area contributed by atoms with Crippen LogP contribution in [0.25, 0.3) is 0 Å². The first kappa shape index (κ1) is 19.8. The second kappa shape index (κ2) is 6.98. The zero-order valence-corrected chi connectivity index (χ0v) is 14.6. The van der Waals surface area contributed by atoms with Crippen LogP contribution in [0.4, 0.5) is 18.9 Å². The third kappa shape index (κ3) is 4.34. The van der Waals surface area contributed by atoms with Crippen LogP contribution >= 0.6 is 0 Å². The van der Waals surface area contributed by atoms with Gasteiger partial charge in [0.25, 0.3) is 0 Å². The minimum atomic E-state index is -4.63. The quantitative estimate of drug-likeness (QED) is 0.762. The van der Waals surface area contributed by atoms with E-state index in [4.69, 9.17) is 0 Å². The van der Waals surface area contributed by atoms with Crippen molar-refractivity contribution in [3.05, 3.63) is 35.7 Å². The van der Waals surface area contributed by atoms with Gasteiger partial charge >= 0.3 is 6.18 Å². The van der Waals surface area contributed by atoms with Gasteiger partial charge < -0.3 is 10.4 Å². The van der Waals surface area contributed by atoms with Crippen LogP contribution in [-0.2, 0) is 27.4 Å². The predicted octanol–water partition coefficient (Wildman–Crippen LogP) is 2.35. The highest BCUT2D eigenvalue weighted by Gasteiger charge is 2.34. The van der Waals surface area contributed by atoms with E-state index in [2.05, 4.69) is 10.4 Å². The number of benzene rings is 1. The zero-order chi connectivity index (χ0) is 19.7. The Hall–Kier alpha value is -2.56. The van der Waals surface area contributed by atoms with Gasteiger partial charge in [0.15, 0.2) is 15.5 Å². The van der Waals surface area contributed by atoms with E-state index in [-0.39, 0.29) is 27.8 Å². The predicted molar refractivity (Wildman–Crippen MR) is 86.4 cm³/mol. The van der Waals surface area contributed by atoms with Crippen molar-refractivity contribution in [1.82, 2.24) is 9.78 Å². The van der Waals surface area contributed by atoms with E-state index >= 15 is 0 Å². The molecule has 0 saturated carbocycles. The number of rotatable bonds is 5. The normalized spacial score (nSPS) is 12.2. The number of sulfone groups is 1. The molecule has 0 aliphatic rings. The lowest BCUT2D eigenvalue weighted by Crippen LogP contribution is -2.21. The van der Waals surface area contributed by atoms with Gasteiger partial charge in [-0.05, 0) is 31.2 Å². The van der Waals surface area contributed by atoms with E-state index in [1.807, 2.05) is 0 Å². The molecule has 11 heteroatoms. The maximum Gasteiger partial charge on any atom is 0.435 e. The van der Waals surface area contributed by atoms with E-state index in [9.17, 15) is 31.5 Å². The molecular weight excluding hydrogens is 375 g/mol. The molecule has 0 spiro atoms. The number of carbonyl (C=O) groups excluding carboxylic acids is 1. The van der Waals surface area contributed by atoms with Crippen LogP contribution in [0, 0.1) is 6.92 Å². The van der Waals surface area contributed by atoms with Crippen LogP contribution in [0.3, 0.4) is 0 Å². The Morgan fingerprint density at radius 3 is 2.50 bits per heavy atom. The molecule has 26 heavy (non-hydrogen) atoms. The zero-order valence-electron chi connectivity index (χ0n) is 13.8. The minimum absolute atomic E-state index is 0.0947. The van der Waals surface area contributed by atoms with Crippen LogP contribution in [0.2, 0.25) is 0 Å². The van der Waals surface area contributed by atoms with Gasteiger partial charge in [0, 0.05) is 5.69 Å². The second-order valence-corrected chi connectivity index (χ2v) is 7.74. The van der Waals surface area contributed by atoms with Gasteiger partial charge in [-0.15, -0.1) is 0 Å². The number of hydrogen-bond donors (Lipinski definition) is 2. The van der Waals surface area contributed by atoms with Gasteiger partial charge in [-0.3, -0.25) is 9.48 Å². The fourth-order valence-electron chi connectivity index (χ4n) is 2.11. The SMILES string of the molecule is CCS(=O)(=O)c1ccc(O)c(NC(=O)Cn2nc(C(F)(F)F)cc2C)c1. The topological polar surface area (TPSA) is 101 Å². The highest BCUT2D eigenvalue weighted by molar-refractivity contribution is 7.91. The first-order chi connectivity index (χ1) is 11.9. The summed E-state index contributed by atoms with van der Waals surface area (Å²) in [5, 5.41) is 15.4. The van der Waals surface area contributed by atoms with E-state index < -0.39 is 34.2 Å². The van der Waals surface area contributed by atoms with Crippen molar-refractivity contribution in [1.29, 1.82) is 0 Å². The molecule has 2 aromatic rings. The number of aromatic hydroxyl groups is 1. The summed E-state index contributed by atoms with van der Waals surface area (Å²) >= 11 is 0. The van der Waals surface area contributed by atoms with Crippen molar-refractivity contribution in [3.8, 4) is 5.75 Å². The van der Waals surface area contributed by atoms with E-state index in [0.717, 1.165) is 22.9 Å². The van der Waals surface area contributed by atoms with Gasteiger partial charge in [0.1, 0.15) is 12.3 Å². The third-order valence-corrected chi connectivity index (χ3v) is 5.28. The fraction of sp³-hybridized carbons (Fsp3) is 0.333. The summed E-state index contributed by atoms with van der Waals surface area (Å²) in [6, 6.07) is 4.19. The van der Waals surface area contributed by atoms with Gasteiger partial charge in [-0.25, -0.2) is 8.42 Å². The highest BCUT2D eigenvalue weighted by Crippen LogP contribution is 2.29. The molecule has 7 nitrogen and oxygen atoms in total. The van der Waals surface area contributed by atoms with Crippen LogP contribution in [0.5, 0.6) is 5.75 Å². The number of carbonyl (C=O) groups is 1. The van der Waals surface area contributed by atoms with Gasteiger partial charge in [-0.2, -0.15) is 18.3 Å². The second-order valence-electron chi connectivity index (χ2n) is 5.46. The van der Waals surface area contributed by atoms with Crippen molar-refractivity contribution >= 4 is 21.4 Å². The number of hydrogen-bond acceptors (Lipinski definition) is 5. The standard InChI is InChI=1S/C15H16F3N3O4S/c1-3-26(24,25)10-4-5-12(22)11(7-10)19-14(23)8-21-9(2)6-13(20-21)15(16,17)18/h4-7,22H,3,8H2,1-2H3,(H,19,23). The van der Waals surface area contributed by atoms with Crippen molar-refractivity contribution in [2.45, 2.75) is 31.5 Å². The molecule has 0 unspecified atom stereocenters. The molecule has 0 radical (unpaired) electrons. The summed E-state index contributed by atoms with van der Waals surface area (Å²) in [7, 11) is -3.56. The number of nitrogens with one attached hydrogen (secondary N) is 1. The Balaban J connectivity index is 2.21. The van der Waals surface area contributed by atoms with Gasteiger partial charge in [0.2, 0.25) is 5.91 Å². The number of phenols is 1. The number of halogens is 3. The molecule has 0 aliphatic carbocycles. The van der Waals surface area contributed by atoms with Crippen LogP contribution < -0.4 is 5.32 Å². The highest BCUT2D eigenvalue weighted by atomic mass is 32.2. The largest absolute Gasteiger partial charge is 0.506 e. The molecule has 0 fully saturated rings. The molecule has 142 valence electrons. The van der Waals surface area contributed by atoms with Crippen molar-refractivity contribution < 1.29 is 31.5 Å². The lowest BCUT2D eigenvalue weighted by atomic mass is 10.3. The smallest absolute Gasteiger partial charge is 0.435 e. The number of alkyl halides is 3. The summed E-state index contributed by atoms with van der Waals surface area (Å²) in [5.41, 5.74) is -1.16. The van der Waals surface area contributed by atoms with Crippen molar-refractivity contribution in [2.75, 3.05) is 11.1 Å². The molecule has 0 atom stereocenters. The average Bonchev–Trinajstić information content (AvgIpc) is 2.90. The monoisotopic (exact) mass is 391 g/mol. The van der Waals surface area contributed by atoms with Crippen LogP contribution in [0.15, 0.2) is 29.2 Å². The minimum Gasteiger partial charge on any atom is -0.506 e. The van der Waals surface area contributed by atoms with Crippen molar-refractivity contribution in [2.24, 2.45) is 0 Å². The fourth-order valence-corrected chi connectivity index (χ4v) is 3.02. The van der Waals surface area contributed by atoms with Crippen LogP contribution in [-0.4, -0.2) is 35.0 Å². The maximum atomic E-state index is 12.6. The lowest BCUT2D eigenvalue weighted by Gasteiger charge is -2.10. The summed E-state index contributed by atoms with van der Waals surface area (Å²) in [6.45, 7) is 2.27. The number of aromatic nitrogens is 2. The van der Waals surface area contributed by atoms with E-state index in [1.165, 1.54) is 19.9 Å². The Bertz CT molecular complexity index is 936. The molecule has 2 rings (SSSR count). The first-order valence-corrected chi connectivity index (χ1v) is 9.06. The Morgan fingerprint density at radius 2 is 1.96 bits per heavy atom. The summed E-state index contributed by atoms with van der Waals surface area (Å²) in [6.07, 6.45) is -4.63. The van der Waals surface area contributed by atoms with E-state index in [1.54, 1.807) is 0 Å². The summed E-state index contributed by atoms with van der Waals surface area (Å²) in [4.78, 5) is 12.0. The molecule has 0 saturated heterocycles. The number of anilines is 1. The average molecular weight is 391 g/mol. The molecule has 0 aliphatic heterocycles. The molecule has 2 N–H and O–H groups in total. The Morgan fingerprint density at radius 1 is 1.31 bits per heavy atom. The van der Waals surface area contributed by atoms with Gasteiger partial charge in [-0.1, -0.05) is 6.92 Å². The summed E-state index contributed by atoms with van der Waals surface area (Å²) in [5.74, 6) is -1.31. The molecule has 1 amide bonds. The number of phenolic OH excluding ortho intramolecular Hbond substituents is 1. The third-order valence-electron chi connectivity index (χ3n) is 3.55. The first-order valence-electron chi connectivity index (χ1n) is 7.41. The Kier molecular flexibility index (Phi) is 5.31. The molecule has 0 bridgehead atoms. The Labute approximate surface area is 147 Å². The summed E-state index contributed by atoms with van der Waals surface area (Å²) < 4.78 is 62.5. The molecule has 1 aromatic carbocycles. The maximum absolute atomic E-state index is 12.6. The molecule has 1 aromatic heterocycles. The molecular formula is C15H16F3N3O4S. The van der Waals surface area contributed by atoms with Gasteiger partial charge in [0.05, 0.1) is 16.3 Å². The number of amides is 1. The van der Waals surface area contributed by atoms with E-state index in [0.29, 0.717) is 0 Å². The number of aryl methyl sites for hydroxylation is 1. The molecule has 1 heterocycles. The number of nitrogens with zero attached hydrogens (tertiary/aromatic N) is 2. The van der Waals surface area contributed by atoms with Crippen molar-refractivity contribution in [3.63, 3.8) is 0 Å².